The number of pyridine rings is 1. The van der Waals surface area contributed by atoms with Crippen molar-refractivity contribution in [3.63, 3.8) is 0 Å². The third-order valence-corrected chi connectivity index (χ3v) is 4.36. The molecule has 1 N–H and O–H groups in total. The van der Waals surface area contributed by atoms with E-state index >= 15 is 0 Å². The molecule has 1 fully saturated rings. The molecule has 1 amide bonds. The van der Waals surface area contributed by atoms with Crippen LogP contribution in [0.3, 0.4) is 0 Å². The maximum absolute atomic E-state index is 12.3. The van der Waals surface area contributed by atoms with Gasteiger partial charge in [-0.1, -0.05) is 0 Å². The van der Waals surface area contributed by atoms with Gasteiger partial charge in [-0.15, -0.1) is 0 Å². The summed E-state index contributed by atoms with van der Waals surface area (Å²) in [6.45, 7) is 1.27. The van der Waals surface area contributed by atoms with Crippen molar-refractivity contribution in [3.8, 4) is 0 Å². The highest BCUT2D eigenvalue weighted by atomic mass is 79.9. The van der Waals surface area contributed by atoms with E-state index < -0.39 is 5.97 Å². The van der Waals surface area contributed by atoms with Gasteiger partial charge in [0.1, 0.15) is 6.54 Å². The van der Waals surface area contributed by atoms with Gasteiger partial charge < -0.3 is 14.6 Å². The fraction of sp³-hybridized carbons (Fsp3) is 0.533. The molecular weight excluding hydrogens is 352 g/mol. The van der Waals surface area contributed by atoms with Crippen LogP contribution >= 0.6 is 15.9 Å². The summed E-state index contributed by atoms with van der Waals surface area (Å²) in [6, 6.07) is 3.06. The van der Waals surface area contributed by atoms with E-state index in [9.17, 15) is 14.4 Å². The van der Waals surface area contributed by atoms with Gasteiger partial charge in [-0.3, -0.25) is 14.4 Å². The average Bonchev–Trinajstić information content (AvgIpc) is 2.49. The topological polar surface area (TPSA) is 79.6 Å². The van der Waals surface area contributed by atoms with Gasteiger partial charge in [-0.05, 0) is 47.2 Å². The predicted octanol–water partition coefficient (Wildman–Crippen LogP) is 1.71. The van der Waals surface area contributed by atoms with Gasteiger partial charge in [0.2, 0.25) is 5.91 Å². The highest BCUT2D eigenvalue weighted by molar-refractivity contribution is 9.10. The van der Waals surface area contributed by atoms with E-state index in [0.717, 1.165) is 17.3 Å². The Bertz CT molecular complexity index is 614. The zero-order valence-electron chi connectivity index (χ0n) is 12.2. The number of aliphatic carboxylic acids is 1. The van der Waals surface area contributed by atoms with E-state index in [0.29, 0.717) is 19.5 Å². The number of carboxylic acids is 1. The van der Waals surface area contributed by atoms with E-state index in [2.05, 4.69) is 15.9 Å². The first kappa shape index (κ1) is 16.7. The average molecular weight is 371 g/mol. The Balaban J connectivity index is 1.95. The fourth-order valence-electron chi connectivity index (χ4n) is 2.73. The molecule has 1 aliphatic heterocycles. The molecule has 6 nitrogen and oxygen atoms in total. The number of carbonyl (C=O) groups is 2. The molecule has 0 radical (unpaired) electrons. The molecule has 1 atom stereocenters. The van der Waals surface area contributed by atoms with Crippen LogP contribution < -0.4 is 5.56 Å². The zero-order chi connectivity index (χ0) is 16.1. The number of amides is 1. The normalized spacial score (nSPS) is 18.2. The standard InChI is InChI=1S/C15H19BrN2O4/c16-12-4-5-13(19)18(9-12)10-14(20)17-7-1-2-11(8-17)3-6-15(21)22/h4-5,9,11H,1-3,6-8,10H2,(H,21,22)/t11-/m1/s1. The molecule has 0 aromatic carbocycles. The summed E-state index contributed by atoms with van der Waals surface area (Å²) >= 11 is 3.29. The molecule has 0 aliphatic carbocycles. The van der Waals surface area contributed by atoms with Crippen LogP contribution in [0.15, 0.2) is 27.6 Å². The number of likely N-dealkylation sites (tertiary alicyclic amines) is 1. The number of piperidine rings is 1. The zero-order valence-corrected chi connectivity index (χ0v) is 13.8. The van der Waals surface area contributed by atoms with Crippen LogP contribution in [-0.2, 0) is 16.1 Å². The molecule has 0 bridgehead atoms. The highest BCUT2D eigenvalue weighted by Crippen LogP contribution is 2.21. The van der Waals surface area contributed by atoms with E-state index in [1.54, 1.807) is 17.2 Å². The van der Waals surface area contributed by atoms with Crippen molar-refractivity contribution in [1.82, 2.24) is 9.47 Å². The number of aromatic nitrogens is 1. The molecule has 1 saturated heterocycles. The van der Waals surface area contributed by atoms with Crippen LogP contribution in [0.4, 0.5) is 0 Å². The molecule has 22 heavy (non-hydrogen) atoms. The monoisotopic (exact) mass is 370 g/mol. The van der Waals surface area contributed by atoms with Crippen LogP contribution in [0.25, 0.3) is 0 Å². The third-order valence-electron chi connectivity index (χ3n) is 3.89. The van der Waals surface area contributed by atoms with Crippen molar-refractivity contribution >= 4 is 27.8 Å². The molecule has 0 spiro atoms. The van der Waals surface area contributed by atoms with Crippen molar-refractivity contribution in [3.05, 3.63) is 33.2 Å². The van der Waals surface area contributed by atoms with E-state index in [1.807, 2.05) is 0 Å². The van der Waals surface area contributed by atoms with Gasteiger partial charge in [0.15, 0.2) is 0 Å². The van der Waals surface area contributed by atoms with Crippen molar-refractivity contribution in [2.24, 2.45) is 5.92 Å². The van der Waals surface area contributed by atoms with E-state index in [1.165, 1.54) is 10.6 Å². The minimum atomic E-state index is -0.802. The first-order valence-electron chi connectivity index (χ1n) is 7.31. The van der Waals surface area contributed by atoms with Crippen molar-refractivity contribution in [2.75, 3.05) is 13.1 Å². The van der Waals surface area contributed by atoms with Gasteiger partial charge in [0.05, 0.1) is 0 Å². The first-order chi connectivity index (χ1) is 10.5. The van der Waals surface area contributed by atoms with Crippen LogP contribution in [0.2, 0.25) is 0 Å². The predicted molar refractivity (Wildman–Crippen MR) is 84.6 cm³/mol. The van der Waals surface area contributed by atoms with Gasteiger partial charge in [-0.25, -0.2) is 0 Å². The van der Waals surface area contributed by atoms with Crippen molar-refractivity contribution in [2.45, 2.75) is 32.2 Å². The molecule has 2 rings (SSSR count). The van der Waals surface area contributed by atoms with Crippen LogP contribution in [0.5, 0.6) is 0 Å². The van der Waals surface area contributed by atoms with Gasteiger partial charge in [0.25, 0.3) is 5.56 Å². The smallest absolute Gasteiger partial charge is 0.303 e. The molecule has 1 aliphatic rings. The summed E-state index contributed by atoms with van der Waals surface area (Å²) < 4.78 is 2.13. The highest BCUT2D eigenvalue weighted by Gasteiger charge is 2.24. The minimum absolute atomic E-state index is 0.0178. The Labute approximate surface area is 136 Å². The molecule has 0 saturated carbocycles. The van der Waals surface area contributed by atoms with Crippen molar-refractivity contribution < 1.29 is 14.7 Å². The SMILES string of the molecule is O=C(O)CC[C@H]1CCCN(C(=O)Cn2cc(Br)ccc2=O)C1. The third kappa shape index (κ3) is 4.69. The second-order valence-corrected chi connectivity index (χ2v) is 6.51. The summed E-state index contributed by atoms with van der Waals surface area (Å²) in [5, 5.41) is 8.75. The number of hydrogen-bond acceptors (Lipinski definition) is 3. The van der Waals surface area contributed by atoms with Crippen LogP contribution in [0.1, 0.15) is 25.7 Å². The number of carboxylic acid groups (broad SMARTS) is 1. The second kappa shape index (κ2) is 7.58. The van der Waals surface area contributed by atoms with Gasteiger partial charge in [-0.2, -0.15) is 0 Å². The maximum atomic E-state index is 12.3. The summed E-state index contributed by atoms with van der Waals surface area (Å²) in [6.07, 6.45) is 4.16. The Morgan fingerprint density at radius 3 is 2.86 bits per heavy atom. The van der Waals surface area contributed by atoms with Gasteiger partial charge in [0, 0.05) is 36.2 Å². The molecule has 0 unspecified atom stereocenters. The lowest BCUT2D eigenvalue weighted by Gasteiger charge is -2.32. The molecule has 2 heterocycles. The summed E-state index contributed by atoms with van der Waals surface area (Å²) in [5.74, 6) is -0.669. The lowest BCUT2D eigenvalue weighted by Crippen LogP contribution is -2.42. The molecule has 1 aromatic heterocycles. The number of rotatable bonds is 5. The van der Waals surface area contributed by atoms with E-state index in [-0.39, 0.29) is 30.3 Å². The number of carbonyl (C=O) groups excluding carboxylic acids is 1. The van der Waals surface area contributed by atoms with Crippen LogP contribution in [-0.4, -0.2) is 39.5 Å². The number of halogens is 1. The number of hydrogen-bond donors (Lipinski definition) is 1. The Morgan fingerprint density at radius 2 is 2.14 bits per heavy atom. The Hall–Kier alpha value is -1.63. The molecule has 120 valence electrons. The maximum Gasteiger partial charge on any atom is 0.303 e. The lowest BCUT2D eigenvalue weighted by atomic mass is 9.93. The van der Waals surface area contributed by atoms with E-state index in [4.69, 9.17) is 5.11 Å². The molecule has 1 aromatic rings. The van der Waals surface area contributed by atoms with Crippen LogP contribution in [0, 0.1) is 5.92 Å². The summed E-state index contributed by atoms with van der Waals surface area (Å²) in [4.78, 5) is 36.5. The minimum Gasteiger partial charge on any atom is -0.481 e. The van der Waals surface area contributed by atoms with Crippen molar-refractivity contribution in [1.29, 1.82) is 0 Å². The quantitative estimate of drug-likeness (QED) is 0.855. The largest absolute Gasteiger partial charge is 0.481 e. The Morgan fingerprint density at radius 1 is 1.36 bits per heavy atom. The molecular formula is C15H19BrN2O4. The summed E-state index contributed by atoms with van der Waals surface area (Å²) in [7, 11) is 0. The number of nitrogens with zero attached hydrogens (tertiary/aromatic N) is 2. The molecule has 7 heteroatoms. The fourth-order valence-corrected chi connectivity index (χ4v) is 3.11. The Kier molecular flexibility index (Phi) is 5.76. The lowest BCUT2D eigenvalue weighted by molar-refractivity contribution is -0.137. The second-order valence-electron chi connectivity index (χ2n) is 5.59. The summed E-state index contributed by atoms with van der Waals surface area (Å²) in [5.41, 5.74) is -0.212. The van der Waals surface area contributed by atoms with Gasteiger partial charge >= 0.3 is 5.97 Å². The first-order valence-corrected chi connectivity index (χ1v) is 8.10.